The maximum Gasteiger partial charge on any atom is 0.234 e. The normalized spacial score (nSPS) is 14.7. The van der Waals surface area contributed by atoms with Crippen molar-refractivity contribution in [2.75, 3.05) is 12.4 Å². The maximum absolute atomic E-state index is 12.5. The van der Waals surface area contributed by atoms with Gasteiger partial charge in [0, 0.05) is 24.6 Å². The molecule has 1 N–H and O–H groups in total. The van der Waals surface area contributed by atoms with Crippen LogP contribution in [0.5, 0.6) is 5.75 Å². The first-order chi connectivity index (χ1) is 12.9. The molecule has 0 fully saturated rings. The average Bonchev–Trinajstić information content (AvgIpc) is 3.18. The Morgan fingerprint density at radius 1 is 1.15 bits per heavy atom. The lowest BCUT2D eigenvalue weighted by atomic mass is 9.83. The molecular formula is C22H22N2O3. The van der Waals surface area contributed by atoms with Crippen LogP contribution in [0.4, 0.5) is 5.69 Å². The number of carbonyl (C=O) groups excluding carboxylic acids is 1. The van der Waals surface area contributed by atoms with Crippen LogP contribution in [-0.2, 0) is 16.6 Å². The van der Waals surface area contributed by atoms with E-state index in [4.69, 9.17) is 9.15 Å². The summed E-state index contributed by atoms with van der Waals surface area (Å²) in [6.45, 7) is 5.72. The Kier molecular flexibility index (Phi) is 4.02. The molecule has 0 radical (unpaired) electrons. The molecule has 0 atom stereocenters. The number of hydrogen-bond donors (Lipinski definition) is 1. The fourth-order valence-corrected chi connectivity index (χ4v) is 3.55. The predicted molar refractivity (Wildman–Crippen MR) is 104 cm³/mol. The Balaban J connectivity index is 1.86. The van der Waals surface area contributed by atoms with Crippen molar-refractivity contribution in [1.82, 2.24) is 4.98 Å². The first-order valence-electron chi connectivity index (χ1n) is 8.93. The highest BCUT2D eigenvalue weighted by Crippen LogP contribution is 2.43. The van der Waals surface area contributed by atoms with E-state index in [1.807, 2.05) is 57.2 Å². The molecule has 1 aliphatic heterocycles. The average molecular weight is 362 g/mol. The summed E-state index contributed by atoms with van der Waals surface area (Å²) in [5, 5.41) is 3.09. The van der Waals surface area contributed by atoms with Gasteiger partial charge in [-0.1, -0.05) is 24.3 Å². The molecule has 2 aromatic carbocycles. The number of rotatable bonds is 4. The SMILES string of the molecule is COc1ccc(Cc2c(-c3cnc(C)o3)ccc3c2NC(=O)C3(C)C)cc1. The fourth-order valence-electron chi connectivity index (χ4n) is 3.55. The number of anilines is 1. The number of methoxy groups -OCH3 is 1. The zero-order valence-electron chi connectivity index (χ0n) is 15.9. The van der Waals surface area contributed by atoms with Gasteiger partial charge in [0.2, 0.25) is 5.91 Å². The molecule has 5 nitrogen and oxygen atoms in total. The van der Waals surface area contributed by atoms with Gasteiger partial charge in [-0.05, 0) is 42.7 Å². The molecule has 0 unspecified atom stereocenters. The molecule has 0 aliphatic carbocycles. The summed E-state index contributed by atoms with van der Waals surface area (Å²) in [6.07, 6.45) is 2.40. The van der Waals surface area contributed by atoms with Gasteiger partial charge < -0.3 is 14.5 Å². The highest BCUT2D eigenvalue weighted by atomic mass is 16.5. The number of aryl methyl sites for hydroxylation is 1. The molecule has 2 heterocycles. The van der Waals surface area contributed by atoms with Crippen LogP contribution in [-0.4, -0.2) is 18.0 Å². The second kappa shape index (κ2) is 6.27. The molecule has 1 aliphatic rings. The van der Waals surface area contributed by atoms with Gasteiger partial charge in [-0.2, -0.15) is 0 Å². The Morgan fingerprint density at radius 3 is 2.52 bits per heavy atom. The van der Waals surface area contributed by atoms with Crippen LogP contribution in [0, 0.1) is 6.92 Å². The van der Waals surface area contributed by atoms with Crippen LogP contribution < -0.4 is 10.1 Å². The number of fused-ring (bicyclic) bond motifs is 1. The molecular weight excluding hydrogens is 340 g/mol. The van der Waals surface area contributed by atoms with Crippen molar-refractivity contribution >= 4 is 11.6 Å². The summed E-state index contributed by atoms with van der Waals surface area (Å²) in [7, 11) is 1.65. The number of nitrogens with one attached hydrogen (secondary N) is 1. The van der Waals surface area contributed by atoms with Gasteiger partial charge in [0.05, 0.1) is 18.7 Å². The van der Waals surface area contributed by atoms with Crippen molar-refractivity contribution in [2.24, 2.45) is 0 Å². The highest BCUT2D eigenvalue weighted by molar-refractivity contribution is 6.07. The van der Waals surface area contributed by atoms with Crippen LogP contribution in [0.2, 0.25) is 0 Å². The number of carbonyl (C=O) groups is 1. The Bertz CT molecular complexity index is 1020. The van der Waals surface area contributed by atoms with Gasteiger partial charge in [0.15, 0.2) is 11.7 Å². The number of ether oxygens (including phenoxy) is 1. The summed E-state index contributed by atoms with van der Waals surface area (Å²) in [5.74, 6) is 2.15. The minimum absolute atomic E-state index is 0.0133. The van der Waals surface area contributed by atoms with Crippen molar-refractivity contribution in [3.8, 4) is 17.1 Å². The van der Waals surface area contributed by atoms with Gasteiger partial charge in [-0.15, -0.1) is 0 Å². The molecule has 0 spiro atoms. The van der Waals surface area contributed by atoms with E-state index in [2.05, 4.69) is 10.3 Å². The lowest BCUT2D eigenvalue weighted by Gasteiger charge is -2.17. The zero-order valence-corrected chi connectivity index (χ0v) is 15.9. The third-order valence-corrected chi connectivity index (χ3v) is 5.22. The van der Waals surface area contributed by atoms with Crippen molar-refractivity contribution < 1.29 is 13.9 Å². The topological polar surface area (TPSA) is 64.4 Å². The molecule has 0 bridgehead atoms. The van der Waals surface area contributed by atoms with Crippen LogP contribution in [0.15, 0.2) is 47.0 Å². The van der Waals surface area contributed by atoms with Crippen molar-refractivity contribution in [1.29, 1.82) is 0 Å². The van der Waals surface area contributed by atoms with E-state index in [9.17, 15) is 4.79 Å². The first kappa shape index (κ1) is 17.3. The van der Waals surface area contributed by atoms with Crippen LogP contribution in [0.1, 0.15) is 36.4 Å². The van der Waals surface area contributed by atoms with E-state index in [0.29, 0.717) is 18.1 Å². The lowest BCUT2D eigenvalue weighted by molar-refractivity contribution is -0.119. The highest BCUT2D eigenvalue weighted by Gasteiger charge is 2.40. The van der Waals surface area contributed by atoms with Crippen LogP contribution >= 0.6 is 0 Å². The van der Waals surface area contributed by atoms with E-state index in [0.717, 1.165) is 33.7 Å². The van der Waals surface area contributed by atoms with Gasteiger partial charge in [0.1, 0.15) is 5.75 Å². The third kappa shape index (κ3) is 2.89. The molecule has 3 aromatic rings. The van der Waals surface area contributed by atoms with Gasteiger partial charge in [0.25, 0.3) is 0 Å². The van der Waals surface area contributed by atoms with Crippen LogP contribution in [0.25, 0.3) is 11.3 Å². The Morgan fingerprint density at radius 2 is 1.89 bits per heavy atom. The summed E-state index contributed by atoms with van der Waals surface area (Å²) in [5.41, 5.74) is 4.44. The van der Waals surface area contributed by atoms with Gasteiger partial charge >= 0.3 is 0 Å². The van der Waals surface area contributed by atoms with E-state index >= 15 is 0 Å². The second-order valence-electron chi connectivity index (χ2n) is 7.36. The van der Waals surface area contributed by atoms with E-state index in [-0.39, 0.29) is 5.91 Å². The summed E-state index contributed by atoms with van der Waals surface area (Å²) >= 11 is 0. The molecule has 4 rings (SSSR count). The number of hydrogen-bond acceptors (Lipinski definition) is 4. The number of oxazole rings is 1. The molecule has 0 saturated heterocycles. The third-order valence-electron chi connectivity index (χ3n) is 5.22. The number of benzene rings is 2. The van der Waals surface area contributed by atoms with E-state index < -0.39 is 5.41 Å². The lowest BCUT2D eigenvalue weighted by Crippen LogP contribution is -2.26. The number of nitrogens with zero attached hydrogens (tertiary/aromatic N) is 1. The summed E-state index contributed by atoms with van der Waals surface area (Å²) in [6, 6.07) is 12.0. The van der Waals surface area contributed by atoms with Crippen molar-refractivity contribution in [3.05, 3.63) is 65.2 Å². The molecule has 0 saturated carbocycles. The number of amides is 1. The minimum atomic E-state index is -0.556. The fraction of sp³-hybridized carbons (Fsp3) is 0.273. The van der Waals surface area contributed by atoms with Gasteiger partial charge in [-0.3, -0.25) is 4.79 Å². The Labute approximate surface area is 158 Å². The standard InChI is InChI=1S/C22H22N2O3/c1-13-23-12-19(27-13)16-9-10-18-20(24-21(25)22(18,2)3)17(16)11-14-5-7-15(26-4)8-6-14/h5-10,12H,11H2,1-4H3,(H,24,25). The first-order valence-corrected chi connectivity index (χ1v) is 8.93. The predicted octanol–water partition coefficient (Wildman–Crippen LogP) is 4.48. The summed E-state index contributed by atoms with van der Waals surface area (Å²) in [4.78, 5) is 16.8. The van der Waals surface area contributed by atoms with E-state index in [1.54, 1.807) is 13.3 Å². The molecule has 1 amide bonds. The second-order valence-corrected chi connectivity index (χ2v) is 7.36. The van der Waals surface area contributed by atoms with Crippen molar-refractivity contribution in [3.63, 3.8) is 0 Å². The maximum atomic E-state index is 12.5. The molecule has 5 heteroatoms. The Hall–Kier alpha value is -3.08. The minimum Gasteiger partial charge on any atom is -0.497 e. The quantitative estimate of drug-likeness (QED) is 0.743. The molecule has 1 aromatic heterocycles. The largest absolute Gasteiger partial charge is 0.497 e. The van der Waals surface area contributed by atoms with E-state index in [1.165, 1.54) is 0 Å². The zero-order chi connectivity index (χ0) is 19.2. The number of aromatic nitrogens is 1. The van der Waals surface area contributed by atoms with Crippen LogP contribution in [0.3, 0.4) is 0 Å². The smallest absolute Gasteiger partial charge is 0.234 e. The monoisotopic (exact) mass is 362 g/mol. The summed E-state index contributed by atoms with van der Waals surface area (Å²) < 4.78 is 11.0. The molecule has 27 heavy (non-hydrogen) atoms. The van der Waals surface area contributed by atoms with Gasteiger partial charge in [-0.25, -0.2) is 4.98 Å². The van der Waals surface area contributed by atoms with Crippen molar-refractivity contribution in [2.45, 2.75) is 32.6 Å². The molecule has 138 valence electrons.